The maximum atomic E-state index is 13.4. The summed E-state index contributed by atoms with van der Waals surface area (Å²) < 4.78 is 16.1. The number of fused-ring (bicyclic) bond motifs is 1. The number of ketones is 1. The topological polar surface area (TPSA) is 127 Å². The fourth-order valence-corrected chi connectivity index (χ4v) is 4.29. The van der Waals surface area contributed by atoms with Gasteiger partial charge in [0.25, 0.3) is 5.78 Å². The van der Waals surface area contributed by atoms with Gasteiger partial charge in [0.2, 0.25) is 5.95 Å². The molecular formula is C26H22N4O6. The number of benzene rings is 2. The number of rotatable bonds is 6. The van der Waals surface area contributed by atoms with Gasteiger partial charge in [-0.15, -0.1) is 0 Å². The number of aliphatic hydroxyl groups excluding tert-OH is 1. The van der Waals surface area contributed by atoms with Crippen LogP contribution in [0.2, 0.25) is 0 Å². The van der Waals surface area contributed by atoms with Crippen LogP contribution >= 0.6 is 0 Å². The molecule has 0 bridgehead atoms. The molecule has 0 saturated carbocycles. The number of methoxy groups -OCH3 is 3. The normalized spacial score (nSPS) is 17.0. The number of ether oxygens (including phenoxy) is 3. The van der Waals surface area contributed by atoms with Crippen molar-refractivity contribution in [1.29, 1.82) is 0 Å². The number of para-hydroxylation sites is 1. The van der Waals surface area contributed by atoms with Crippen LogP contribution in [-0.2, 0) is 9.59 Å². The van der Waals surface area contributed by atoms with Crippen molar-refractivity contribution < 1.29 is 28.9 Å². The zero-order valence-electron chi connectivity index (χ0n) is 19.7. The summed E-state index contributed by atoms with van der Waals surface area (Å²) >= 11 is 0. The molecule has 1 aliphatic rings. The number of nitrogens with zero attached hydrogens (tertiary/aromatic N) is 3. The summed E-state index contributed by atoms with van der Waals surface area (Å²) in [5.41, 5.74) is 1.59. The predicted molar refractivity (Wildman–Crippen MR) is 131 cm³/mol. The zero-order valence-corrected chi connectivity index (χ0v) is 19.7. The van der Waals surface area contributed by atoms with E-state index in [4.69, 9.17) is 14.2 Å². The molecule has 0 spiro atoms. The predicted octanol–water partition coefficient (Wildman–Crippen LogP) is 3.61. The minimum absolute atomic E-state index is 0.108. The van der Waals surface area contributed by atoms with Gasteiger partial charge in [-0.3, -0.25) is 19.5 Å². The number of Topliss-reactive ketones (excluding diaryl/α,β-unsaturated/α-hetero) is 1. The maximum Gasteiger partial charge on any atom is 0.302 e. The Labute approximate surface area is 205 Å². The fourth-order valence-electron chi connectivity index (χ4n) is 4.29. The first-order chi connectivity index (χ1) is 17.5. The van der Waals surface area contributed by atoms with Crippen molar-refractivity contribution in [2.75, 3.05) is 26.2 Å². The quantitative estimate of drug-likeness (QED) is 0.240. The molecule has 5 rings (SSSR count). The lowest BCUT2D eigenvalue weighted by Crippen LogP contribution is -2.30. The Bertz CT molecular complexity index is 1470. The molecule has 182 valence electrons. The van der Waals surface area contributed by atoms with Gasteiger partial charge in [0.1, 0.15) is 17.6 Å². The van der Waals surface area contributed by atoms with Gasteiger partial charge >= 0.3 is 5.91 Å². The number of hydrogen-bond acceptors (Lipinski definition) is 8. The Morgan fingerprint density at radius 2 is 1.64 bits per heavy atom. The van der Waals surface area contributed by atoms with Crippen molar-refractivity contribution in [3.8, 4) is 17.2 Å². The summed E-state index contributed by atoms with van der Waals surface area (Å²) in [5.74, 6) is -0.712. The van der Waals surface area contributed by atoms with E-state index in [1.54, 1.807) is 60.8 Å². The molecule has 1 unspecified atom stereocenters. The summed E-state index contributed by atoms with van der Waals surface area (Å²) in [5, 5.41) is 11.3. The van der Waals surface area contributed by atoms with Crippen molar-refractivity contribution in [3.63, 3.8) is 0 Å². The van der Waals surface area contributed by atoms with E-state index < -0.39 is 17.7 Å². The van der Waals surface area contributed by atoms with Crippen LogP contribution in [0.4, 0.5) is 5.95 Å². The van der Waals surface area contributed by atoms with Gasteiger partial charge in [-0.2, -0.15) is 0 Å². The lowest BCUT2D eigenvalue weighted by molar-refractivity contribution is -0.132. The summed E-state index contributed by atoms with van der Waals surface area (Å²) in [6.07, 6.45) is 1.55. The van der Waals surface area contributed by atoms with Gasteiger partial charge in [0.15, 0.2) is 11.5 Å². The van der Waals surface area contributed by atoms with Crippen LogP contribution in [0.15, 0.2) is 66.4 Å². The molecule has 1 fully saturated rings. The minimum atomic E-state index is -1.04. The van der Waals surface area contributed by atoms with Gasteiger partial charge in [-0.05, 0) is 24.3 Å². The van der Waals surface area contributed by atoms with Gasteiger partial charge in [-0.25, -0.2) is 4.98 Å². The molecule has 10 nitrogen and oxygen atoms in total. The average Bonchev–Trinajstić information content (AvgIpc) is 3.45. The Hall–Kier alpha value is -4.86. The molecule has 2 aromatic heterocycles. The van der Waals surface area contributed by atoms with Crippen LogP contribution in [0.25, 0.3) is 16.8 Å². The third-order valence-corrected chi connectivity index (χ3v) is 5.98. The molecule has 36 heavy (non-hydrogen) atoms. The molecule has 3 heterocycles. The SMILES string of the molecule is COc1cc2nc(N3C(=O)C(=O)/C(=C(/O)c4ccccc4OC)C3c3ccccn3)[nH]c2cc1OC. The highest BCUT2D eigenvalue weighted by Crippen LogP contribution is 2.42. The third kappa shape index (κ3) is 3.59. The summed E-state index contributed by atoms with van der Waals surface area (Å²) in [7, 11) is 4.48. The Balaban J connectivity index is 1.73. The second kappa shape index (κ2) is 9.06. The van der Waals surface area contributed by atoms with E-state index in [-0.39, 0.29) is 22.8 Å². The smallest absolute Gasteiger partial charge is 0.302 e. The number of nitrogens with one attached hydrogen (secondary N) is 1. The molecule has 4 aromatic rings. The molecule has 0 aliphatic carbocycles. The van der Waals surface area contributed by atoms with Crippen LogP contribution < -0.4 is 19.1 Å². The lowest BCUT2D eigenvalue weighted by Gasteiger charge is -2.22. The number of imidazole rings is 1. The first-order valence-corrected chi connectivity index (χ1v) is 11.0. The maximum absolute atomic E-state index is 13.4. The lowest BCUT2D eigenvalue weighted by atomic mass is 9.98. The van der Waals surface area contributed by atoms with Crippen LogP contribution in [0.5, 0.6) is 17.2 Å². The number of hydrogen-bond donors (Lipinski definition) is 2. The summed E-state index contributed by atoms with van der Waals surface area (Å²) in [6.45, 7) is 0. The Morgan fingerprint density at radius 1 is 0.944 bits per heavy atom. The Kier molecular flexibility index (Phi) is 5.77. The van der Waals surface area contributed by atoms with Crippen molar-refractivity contribution in [3.05, 3.63) is 77.6 Å². The molecule has 10 heteroatoms. The van der Waals surface area contributed by atoms with Gasteiger partial charge in [-0.1, -0.05) is 18.2 Å². The monoisotopic (exact) mass is 486 g/mol. The number of anilines is 1. The number of aromatic amines is 1. The van der Waals surface area contributed by atoms with Crippen molar-refractivity contribution >= 4 is 34.4 Å². The summed E-state index contributed by atoms with van der Waals surface area (Å²) in [6, 6.07) is 14.1. The molecule has 1 amide bonds. The van der Waals surface area contributed by atoms with Crippen LogP contribution in [0.3, 0.4) is 0 Å². The number of aromatic nitrogens is 3. The van der Waals surface area contributed by atoms with E-state index >= 15 is 0 Å². The molecule has 1 aliphatic heterocycles. The van der Waals surface area contributed by atoms with Crippen molar-refractivity contribution in [2.24, 2.45) is 0 Å². The van der Waals surface area contributed by atoms with E-state index in [2.05, 4.69) is 15.0 Å². The van der Waals surface area contributed by atoms with E-state index in [9.17, 15) is 14.7 Å². The number of pyridine rings is 1. The van der Waals surface area contributed by atoms with Crippen LogP contribution in [-0.4, -0.2) is 53.1 Å². The first kappa shape index (κ1) is 22.9. The van der Waals surface area contributed by atoms with E-state index in [1.807, 2.05) is 0 Å². The molecule has 0 radical (unpaired) electrons. The Morgan fingerprint density at radius 3 is 2.33 bits per heavy atom. The molecule has 1 saturated heterocycles. The number of aliphatic hydroxyl groups is 1. The number of carbonyl (C=O) groups excluding carboxylic acids is 2. The second-order valence-electron chi connectivity index (χ2n) is 7.91. The van der Waals surface area contributed by atoms with Crippen LogP contribution in [0, 0.1) is 0 Å². The molecular weight excluding hydrogens is 464 g/mol. The standard InChI is InChI=1S/C26H22N4O6/c1-34-18-10-5-4-8-14(18)23(31)21-22(15-9-6-7-11-27-15)30(25(33)24(21)32)26-28-16-12-19(35-2)20(36-3)13-17(16)29-26/h4-13,22,31H,1-3H3,(H,28,29)/b23-21+. The van der Waals surface area contributed by atoms with E-state index in [1.165, 1.54) is 26.2 Å². The molecule has 1 atom stereocenters. The van der Waals surface area contributed by atoms with Gasteiger partial charge in [0, 0.05) is 18.3 Å². The fraction of sp³-hybridized carbons (Fsp3) is 0.154. The van der Waals surface area contributed by atoms with E-state index in [0.29, 0.717) is 34.0 Å². The number of H-pyrrole nitrogens is 1. The minimum Gasteiger partial charge on any atom is -0.507 e. The highest BCUT2D eigenvalue weighted by Gasteiger charge is 2.49. The van der Waals surface area contributed by atoms with Crippen molar-refractivity contribution in [2.45, 2.75) is 6.04 Å². The van der Waals surface area contributed by atoms with Gasteiger partial charge in [0.05, 0.1) is 49.2 Å². The summed E-state index contributed by atoms with van der Waals surface area (Å²) in [4.78, 5) is 39.9. The zero-order chi connectivity index (χ0) is 25.4. The first-order valence-electron chi connectivity index (χ1n) is 11.0. The molecule has 2 N–H and O–H groups in total. The van der Waals surface area contributed by atoms with Gasteiger partial charge < -0.3 is 24.3 Å². The van der Waals surface area contributed by atoms with Crippen molar-refractivity contribution in [1.82, 2.24) is 15.0 Å². The van der Waals surface area contributed by atoms with E-state index in [0.717, 1.165) is 0 Å². The third-order valence-electron chi connectivity index (χ3n) is 5.98. The number of amides is 1. The van der Waals surface area contributed by atoms with Crippen LogP contribution in [0.1, 0.15) is 17.3 Å². The second-order valence-corrected chi connectivity index (χ2v) is 7.91. The largest absolute Gasteiger partial charge is 0.507 e. The average molecular weight is 486 g/mol. The highest BCUT2D eigenvalue weighted by molar-refractivity contribution is 6.51. The number of carbonyl (C=O) groups is 2. The molecule has 2 aromatic carbocycles. The highest BCUT2D eigenvalue weighted by atomic mass is 16.5.